The molecule has 7 rings (SSSR count). The van der Waals surface area contributed by atoms with Crippen LogP contribution in [0.25, 0.3) is 16.6 Å². The summed E-state index contributed by atoms with van der Waals surface area (Å²) in [7, 11) is -3.15. The number of pyridine rings is 1. The molecule has 3 heterocycles. The average Bonchev–Trinajstić information content (AvgIpc) is 3.64. The normalized spacial score (nSPS) is 16.2. The van der Waals surface area contributed by atoms with E-state index in [0.717, 1.165) is 61.1 Å². The van der Waals surface area contributed by atoms with Gasteiger partial charge in [-0.3, -0.25) is 19.8 Å². The Morgan fingerprint density at radius 3 is 2.54 bits per heavy atom. The van der Waals surface area contributed by atoms with Crippen molar-refractivity contribution in [2.45, 2.75) is 44.6 Å². The second-order valence-corrected chi connectivity index (χ2v) is 17.1. The Balaban J connectivity index is 1.12. The third kappa shape index (κ3) is 8.73. The van der Waals surface area contributed by atoms with Crippen LogP contribution in [0.5, 0.6) is 11.5 Å². The van der Waals surface area contributed by atoms with E-state index in [2.05, 4.69) is 50.5 Å². The lowest BCUT2D eigenvalue weighted by atomic mass is 9.72. The highest BCUT2D eigenvalue weighted by Gasteiger charge is 2.30. The number of hydrogen-bond acceptors (Lipinski definition) is 10. The number of piperazine rings is 1. The van der Waals surface area contributed by atoms with Gasteiger partial charge in [0.25, 0.3) is 21.6 Å². The predicted molar refractivity (Wildman–Crippen MR) is 216 cm³/mol. The molecule has 0 saturated carbocycles. The van der Waals surface area contributed by atoms with E-state index in [1.165, 1.54) is 48.2 Å². The second-order valence-electron chi connectivity index (χ2n) is 15.0. The molecule has 2 N–H and O–H groups in total. The SMILES string of the molecule is COCc1ccc(C(=O)NS(=O)(=O)c2ccc(N3CCN(CC4=C(c5ccc(Cl)cc5)CC(C)(C)CC4)CC3)cc2Oc2cnc3[nH]ccc3c2)cc1[N+](=O)[O-]. The Morgan fingerprint density at radius 2 is 1.80 bits per heavy atom. The fourth-order valence-electron chi connectivity index (χ4n) is 7.38. The van der Waals surface area contributed by atoms with Gasteiger partial charge in [0.15, 0.2) is 0 Å². The van der Waals surface area contributed by atoms with Crippen molar-refractivity contribution < 1.29 is 27.6 Å². The summed E-state index contributed by atoms with van der Waals surface area (Å²) in [6.45, 7) is 8.48. The van der Waals surface area contributed by atoms with Gasteiger partial charge >= 0.3 is 0 Å². The zero-order chi connectivity index (χ0) is 39.6. The molecule has 1 aliphatic carbocycles. The number of methoxy groups -OCH3 is 1. The molecule has 3 aromatic carbocycles. The monoisotopic (exact) mass is 798 g/mol. The largest absolute Gasteiger partial charge is 0.454 e. The molecule has 15 heteroatoms. The van der Waals surface area contributed by atoms with Gasteiger partial charge in [-0.15, -0.1) is 0 Å². The number of sulfonamides is 1. The minimum absolute atomic E-state index is 0.00841. The summed E-state index contributed by atoms with van der Waals surface area (Å²) in [5.74, 6) is -0.743. The van der Waals surface area contributed by atoms with Crippen molar-refractivity contribution in [3.63, 3.8) is 0 Å². The summed E-state index contributed by atoms with van der Waals surface area (Å²) in [6.07, 6.45) is 6.40. The fourth-order valence-corrected chi connectivity index (χ4v) is 8.59. The summed E-state index contributed by atoms with van der Waals surface area (Å²) in [5, 5.41) is 13.2. The van der Waals surface area contributed by atoms with E-state index in [1.807, 2.05) is 18.2 Å². The number of carbonyl (C=O) groups is 1. The van der Waals surface area contributed by atoms with Crippen molar-refractivity contribution in [1.82, 2.24) is 19.6 Å². The number of rotatable bonds is 12. The number of nitro benzene ring substituents is 1. The van der Waals surface area contributed by atoms with Crippen LogP contribution in [-0.2, 0) is 21.4 Å². The Bertz CT molecular complexity index is 2420. The van der Waals surface area contributed by atoms with Crippen LogP contribution in [-0.4, -0.2) is 73.9 Å². The van der Waals surface area contributed by atoms with Gasteiger partial charge in [0.05, 0.1) is 23.3 Å². The number of fused-ring (bicyclic) bond motifs is 1. The van der Waals surface area contributed by atoms with Crippen molar-refractivity contribution in [3.05, 3.63) is 123 Å². The van der Waals surface area contributed by atoms with E-state index < -0.39 is 20.9 Å². The number of halogens is 1. The van der Waals surface area contributed by atoms with Crippen molar-refractivity contribution in [2.24, 2.45) is 5.41 Å². The van der Waals surface area contributed by atoms with E-state index in [1.54, 1.807) is 24.4 Å². The van der Waals surface area contributed by atoms with Gasteiger partial charge in [-0.25, -0.2) is 18.1 Å². The highest BCUT2D eigenvalue weighted by Crippen LogP contribution is 2.43. The number of amides is 1. The molecule has 1 amide bonds. The molecule has 0 bridgehead atoms. The van der Waals surface area contributed by atoms with Gasteiger partial charge in [-0.05, 0) is 84.3 Å². The van der Waals surface area contributed by atoms with Crippen LogP contribution >= 0.6 is 11.6 Å². The van der Waals surface area contributed by atoms with E-state index in [4.69, 9.17) is 21.1 Å². The molecule has 0 radical (unpaired) electrons. The molecule has 56 heavy (non-hydrogen) atoms. The molecule has 1 aliphatic heterocycles. The fraction of sp³-hybridized carbons (Fsp3) is 0.317. The maximum absolute atomic E-state index is 13.9. The molecule has 0 unspecified atom stereocenters. The molecule has 2 aliphatic rings. The van der Waals surface area contributed by atoms with Gasteiger partial charge in [0, 0.05) is 79.8 Å². The van der Waals surface area contributed by atoms with Crippen LogP contribution in [0, 0.1) is 15.5 Å². The Kier molecular flexibility index (Phi) is 11.2. The van der Waals surface area contributed by atoms with Crippen molar-refractivity contribution in [1.29, 1.82) is 0 Å². The first-order chi connectivity index (χ1) is 26.8. The first-order valence-electron chi connectivity index (χ1n) is 18.3. The number of anilines is 1. The summed E-state index contributed by atoms with van der Waals surface area (Å²) in [4.78, 5) is 36.1. The quantitative estimate of drug-likeness (QED) is 0.0936. The smallest absolute Gasteiger partial charge is 0.275 e. The van der Waals surface area contributed by atoms with E-state index in [-0.39, 0.29) is 39.5 Å². The number of nitrogens with one attached hydrogen (secondary N) is 2. The zero-order valence-corrected chi connectivity index (χ0v) is 33.0. The molecule has 2 aromatic heterocycles. The topological polar surface area (TPSA) is 160 Å². The minimum Gasteiger partial charge on any atom is -0.454 e. The lowest BCUT2D eigenvalue weighted by molar-refractivity contribution is -0.385. The van der Waals surface area contributed by atoms with Gasteiger partial charge < -0.3 is 19.4 Å². The molecule has 13 nitrogen and oxygen atoms in total. The van der Waals surface area contributed by atoms with Crippen LogP contribution in [0.2, 0.25) is 5.02 Å². The van der Waals surface area contributed by atoms with E-state index >= 15 is 0 Å². The van der Waals surface area contributed by atoms with Gasteiger partial charge in [0.1, 0.15) is 22.0 Å². The number of carbonyl (C=O) groups excluding carboxylic acids is 1. The van der Waals surface area contributed by atoms with Crippen LogP contribution in [0.3, 0.4) is 0 Å². The summed E-state index contributed by atoms with van der Waals surface area (Å²) < 4.78 is 41.1. The van der Waals surface area contributed by atoms with Crippen molar-refractivity contribution >= 4 is 55.5 Å². The van der Waals surface area contributed by atoms with Crippen molar-refractivity contribution in [3.8, 4) is 11.5 Å². The summed E-state index contributed by atoms with van der Waals surface area (Å²) >= 11 is 6.22. The van der Waals surface area contributed by atoms with Gasteiger partial charge in [-0.1, -0.05) is 43.2 Å². The van der Waals surface area contributed by atoms with Crippen LogP contribution in [0.4, 0.5) is 11.4 Å². The molecule has 1 fully saturated rings. The number of ether oxygens (including phenoxy) is 2. The molecule has 1 saturated heterocycles. The van der Waals surface area contributed by atoms with Crippen LogP contribution in [0.15, 0.2) is 95.7 Å². The Labute approximate surface area is 330 Å². The maximum atomic E-state index is 13.9. The van der Waals surface area contributed by atoms with Crippen LogP contribution in [0.1, 0.15) is 54.6 Å². The van der Waals surface area contributed by atoms with E-state index in [0.29, 0.717) is 24.5 Å². The Hall–Kier alpha value is -5.28. The molecular weight excluding hydrogens is 756 g/mol. The number of benzene rings is 3. The minimum atomic E-state index is -4.54. The highest BCUT2D eigenvalue weighted by atomic mass is 35.5. The molecule has 292 valence electrons. The standard InChI is InChI=1S/C41H43ClN6O7S/c1-41(2)14-12-30(35(23-41)27-6-8-32(42)9-7-27)25-46-16-18-47(19-17-46)33-10-11-38(37(22-33)55-34-20-28-13-15-43-39(28)44-24-34)56(52,53)45-40(49)29-4-5-31(26-54-3)36(21-29)48(50)51/h4-11,13,15,20-22,24H,12,14,16-19,23,25-26H2,1-3H3,(H,43,44)(H,45,49). The number of nitro groups is 1. The first-order valence-corrected chi connectivity index (χ1v) is 20.2. The van der Waals surface area contributed by atoms with Gasteiger partial charge in [-0.2, -0.15) is 0 Å². The molecular formula is C41H43ClN6O7S. The number of H-pyrrole nitrogens is 1. The lowest BCUT2D eigenvalue weighted by Crippen LogP contribution is -2.47. The number of aromatic nitrogens is 2. The van der Waals surface area contributed by atoms with Gasteiger partial charge in [0.2, 0.25) is 0 Å². The molecule has 0 atom stereocenters. The number of nitrogens with zero attached hydrogens (tertiary/aromatic N) is 4. The number of aromatic amines is 1. The third-order valence-corrected chi connectivity index (χ3v) is 12.0. The van der Waals surface area contributed by atoms with E-state index in [9.17, 15) is 23.3 Å². The van der Waals surface area contributed by atoms with Crippen LogP contribution < -0.4 is 14.4 Å². The number of allylic oxidation sites excluding steroid dienone is 1. The Morgan fingerprint density at radius 1 is 1.04 bits per heavy atom. The second kappa shape index (κ2) is 16.1. The third-order valence-electron chi connectivity index (χ3n) is 10.4. The molecule has 0 spiro atoms. The number of hydrogen-bond donors (Lipinski definition) is 2. The summed E-state index contributed by atoms with van der Waals surface area (Å²) in [6, 6.07) is 20.2. The zero-order valence-electron chi connectivity index (χ0n) is 31.4. The maximum Gasteiger partial charge on any atom is 0.275 e. The lowest BCUT2D eigenvalue weighted by Gasteiger charge is -2.39. The molecule has 5 aromatic rings. The summed E-state index contributed by atoms with van der Waals surface area (Å²) in [5.41, 5.74) is 5.39. The predicted octanol–water partition coefficient (Wildman–Crippen LogP) is 7.97. The van der Waals surface area contributed by atoms with Crippen molar-refractivity contribution in [2.75, 3.05) is 44.7 Å². The average molecular weight is 799 g/mol. The highest BCUT2D eigenvalue weighted by molar-refractivity contribution is 7.90. The first kappa shape index (κ1) is 39.0.